The first-order valence-corrected chi connectivity index (χ1v) is 7.33. The number of aliphatic hydroxyl groups excluding tert-OH is 1. The van der Waals surface area contributed by atoms with Crippen LogP contribution in [0, 0.1) is 12.8 Å². The molecule has 1 heterocycles. The van der Waals surface area contributed by atoms with Crippen LogP contribution < -0.4 is 4.90 Å². The molecule has 1 aromatic carbocycles. The largest absolute Gasteiger partial charge is 0.395 e. The maximum absolute atomic E-state index is 12.4. The van der Waals surface area contributed by atoms with Gasteiger partial charge in [0.25, 0.3) is 0 Å². The molecule has 0 aliphatic carbocycles. The smallest absolute Gasteiger partial charge is 0.228 e. The highest BCUT2D eigenvalue weighted by Gasteiger charge is 2.36. The lowest BCUT2D eigenvalue weighted by Gasteiger charge is -2.23. The monoisotopic (exact) mass is 290 g/mol. The van der Waals surface area contributed by atoms with E-state index in [1.54, 1.807) is 9.80 Å². The number of carbonyl (C=O) groups is 2. The van der Waals surface area contributed by atoms with Crippen molar-refractivity contribution in [2.75, 3.05) is 31.1 Å². The SMILES string of the molecule is CCN(CCO)C(=O)C1CC(=O)N(c2ccc(C)cc2)C1. The fourth-order valence-electron chi connectivity index (χ4n) is 2.65. The van der Waals surface area contributed by atoms with Gasteiger partial charge < -0.3 is 14.9 Å². The number of benzene rings is 1. The van der Waals surface area contributed by atoms with Crippen LogP contribution in [0.5, 0.6) is 0 Å². The maximum Gasteiger partial charge on any atom is 0.228 e. The van der Waals surface area contributed by atoms with Crippen LogP contribution in [0.15, 0.2) is 24.3 Å². The summed E-state index contributed by atoms with van der Waals surface area (Å²) in [7, 11) is 0. The van der Waals surface area contributed by atoms with Gasteiger partial charge in [-0.05, 0) is 26.0 Å². The van der Waals surface area contributed by atoms with E-state index >= 15 is 0 Å². The molecule has 1 fully saturated rings. The minimum absolute atomic E-state index is 0.0164. The van der Waals surface area contributed by atoms with Crippen LogP contribution in [-0.2, 0) is 9.59 Å². The number of aliphatic hydroxyl groups is 1. The third-order valence-electron chi connectivity index (χ3n) is 3.88. The number of aryl methyl sites for hydroxylation is 1. The minimum Gasteiger partial charge on any atom is -0.395 e. The van der Waals surface area contributed by atoms with Crippen LogP contribution in [0.1, 0.15) is 18.9 Å². The number of hydrogen-bond acceptors (Lipinski definition) is 3. The van der Waals surface area contributed by atoms with E-state index < -0.39 is 0 Å². The number of anilines is 1. The molecule has 1 N–H and O–H groups in total. The predicted molar refractivity (Wildman–Crippen MR) is 81.0 cm³/mol. The molecule has 0 saturated carbocycles. The van der Waals surface area contributed by atoms with E-state index in [9.17, 15) is 9.59 Å². The highest BCUT2D eigenvalue weighted by molar-refractivity contribution is 6.00. The number of hydrogen-bond donors (Lipinski definition) is 1. The van der Waals surface area contributed by atoms with Gasteiger partial charge in [-0.25, -0.2) is 0 Å². The van der Waals surface area contributed by atoms with E-state index in [4.69, 9.17) is 5.11 Å². The second-order valence-corrected chi connectivity index (χ2v) is 5.38. The van der Waals surface area contributed by atoms with Crippen LogP contribution in [0.4, 0.5) is 5.69 Å². The molecule has 1 aliphatic heterocycles. The van der Waals surface area contributed by atoms with E-state index in [1.165, 1.54) is 0 Å². The van der Waals surface area contributed by atoms with Crippen molar-refractivity contribution in [2.24, 2.45) is 5.92 Å². The summed E-state index contributed by atoms with van der Waals surface area (Å²) in [6, 6.07) is 7.74. The Morgan fingerprint density at radius 3 is 2.62 bits per heavy atom. The molecule has 2 rings (SSSR count). The first kappa shape index (κ1) is 15.5. The van der Waals surface area contributed by atoms with Gasteiger partial charge in [0.1, 0.15) is 0 Å². The number of likely N-dealkylation sites (N-methyl/N-ethyl adjacent to an activating group) is 1. The minimum atomic E-state index is -0.315. The molecule has 1 unspecified atom stereocenters. The highest BCUT2D eigenvalue weighted by Crippen LogP contribution is 2.26. The van der Waals surface area contributed by atoms with Crippen molar-refractivity contribution in [2.45, 2.75) is 20.3 Å². The van der Waals surface area contributed by atoms with Gasteiger partial charge in [-0.2, -0.15) is 0 Å². The van der Waals surface area contributed by atoms with Crippen LogP contribution in [0.3, 0.4) is 0 Å². The van der Waals surface area contributed by atoms with Gasteiger partial charge >= 0.3 is 0 Å². The van der Waals surface area contributed by atoms with Crippen molar-refractivity contribution < 1.29 is 14.7 Å². The Bertz CT molecular complexity index is 513. The van der Waals surface area contributed by atoms with Crippen molar-refractivity contribution in [3.8, 4) is 0 Å². The highest BCUT2D eigenvalue weighted by atomic mass is 16.3. The van der Waals surface area contributed by atoms with Crippen molar-refractivity contribution in [1.29, 1.82) is 0 Å². The summed E-state index contributed by atoms with van der Waals surface area (Å²) in [4.78, 5) is 27.8. The van der Waals surface area contributed by atoms with Gasteiger partial charge in [-0.1, -0.05) is 17.7 Å². The van der Waals surface area contributed by atoms with E-state index in [2.05, 4.69) is 0 Å². The van der Waals surface area contributed by atoms with Crippen molar-refractivity contribution in [3.63, 3.8) is 0 Å². The van der Waals surface area contributed by atoms with Crippen LogP contribution in [0.25, 0.3) is 0 Å². The molecule has 0 aromatic heterocycles. The number of amides is 2. The lowest BCUT2D eigenvalue weighted by atomic mass is 10.1. The summed E-state index contributed by atoms with van der Waals surface area (Å²) in [6.45, 7) is 5.11. The molecular formula is C16H22N2O3. The quantitative estimate of drug-likeness (QED) is 0.886. The molecule has 1 aliphatic rings. The Kier molecular flexibility index (Phi) is 4.96. The molecule has 0 bridgehead atoms. The standard InChI is InChI=1S/C16H22N2O3/c1-3-17(8-9-19)16(21)13-10-15(20)18(11-13)14-6-4-12(2)5-7-14/h4-7,13,19H,3,8-11H2,1-2H3. The molecule has 114 valence electrons. The summed E-state index contributed by atoms with van der Waals surface area (Å²) in [5, 5.41) is 9.00. The van der Waals surface area contributed by atoms with Crippen LogP contribution >= 0.6 is 0 Å². The molecule has 5 nitrogen and oxygen atoms in total. The predicted octanol–water partition coefficient (Wildman–Crippen LogP) is 1.19. The summed E-state index contributed by atoms with van der Waals surface area (Å²) < 4.78 is 0. The van der Waals surface area contributed by atoms with Crippen molar-refractivity contribution >= 4 is 17.5 Å². The average Bonchev–Trinajstić information content (AvgIpc) is 2.87. The first-order valence-electron chi connectivity index (χ1n) is 7.33. The van der Waals surface area contributed by atoms with E-state index in [0.29, 0.717) is 19.6 Å². The molecule has 21 heavy (non-hydrogen) atoms. The van der Waals surface area contributed by atoms with Crippen molar-refractivity contribution in [3.05, 3.63) is 29.8 Å². The summed E-state index contributed by atoms with van der Waals surface area (Å²) in [6.07, 6.45) is 0.245. The van der Waals surface area contributed by atoms with Gasteiger partial charge in [0, 0.05) is 31.7 Å². The van der Waals surface area contributed by atoms with Crippen LogP contribution in [0.2, 0.25) is 0 Å². The van der Waals surface area contributed by atoms with Gasteiger partial charge in [0.15, 0.2) is 0 Å². The van der Waals surface area contributed by atoms with Gasteiger partial charge in [0.2, 0.25) is 11.8 Å². The zero-order valence-electron chi connectivity index (χ0n) is 12.6. The van der Waals surface area contributed by atoms with E-state index in [0.717, 1.165) is 11.3 Å². The second-order valence-electron chi connectivity index (χ2n) is 5.38. The number of carbonyl (C=O) groups excluding carboxylic acids is 2. The Morgan fingerprint density at radius 1 is 1.38 bits per heavy atom. The molecule has 1 atom stereocenters. The molecule has 1 saturated heterocycles. The number of rotatable bonds is 5. The van der Waals surface area contributed by atoms with Gasteiger partial charge in [-0.3, -0.25) is 9.59 Å². The summed E-state index contributed by atoms with van der Waals surface area (Å²) >= 11 is 0. The molecule has 2 amide bonds. The second kappa shape index (κ2) is 6.72. The van der Waals surface area contributed by atoms with E-state index in [-0.39, 0.29) is 30.8 Å². The van der Waals surface area contributed by atoms with Gasteiger partial charge in [-0.15, -0.1) is 0 Å². The maximum atomic E-state index is 12.4. The topological polar surface area (TPSA) is 60.9 Å². The fraction of sp³-hybridized carbons (Fsp3) is 0.500. The Hall–Kier alpha value is -1.88. The van der Waals surface area contributed by atoms with Crippen LogP contribution in [-0.4, -0.2) is 48.1 Å². The van der Waals surface area contributed by atoms with Crippen molar-refractivity contribution in [1.82, 2.24) is 4.90 Å². The fourth-order valence-corrected chi connectivity index (χ4v) is 2.65. The number of nitrogens with zero attached hydrogens (tertiary/aromatic N) is 2. The zero-order valence-corrected chi connectivity index (χ0v) is 12.6. The average molecular weight is 290 g/mol. The first-order chi connectivity index (χ1) is 10.1. The Balaban J connectivity index is 2.08. The van der Waals surface area contributed by atoms with E-state index in [1.807, 2.05) is 38.1 Å². The Morgan fingerprint density at radius 2 is 2.05 bits per heavy atom. The summed E-state index contributed by atoms with van der Waals surface area (Å²) in [5.41, 5.74) is 1.98. The molecule has 0 radical (unpaired) electrons. The molecular weight excluding hydrogens is 268 g/mol. The lowest BCUT2D eigenvalue weighted by molar-refractivity contribution is -0.136. The molecule has 5 heteroatoms. The normalized spacial score (nSPS) is 18.1. The molecule has 0 spiro atoms. The molecule has 1 aromatic rings. The third kappa shape index (κ3) is 3.42. The summed E-state index contributed by atoms with van der Waals surface area (Å²) in [5.74, 6) is -0.378. The zero-order chi connectivity index (χ0) is 15.4. The third-order valence-corrected chi connectivity index (χ3v) is 3.88. The lowest BCUT2D eigenvalue weighted by Crippen LogP contribution is -2.39. The van der Waals surface area contributed by atoms with Gasteiger partial charge in [0.05, 0.1) is 12.5 Å². The Labute approximate surface area is 125 Å².